The van der Waals surface area contributed by atoms with Gasteiger partial charge in [0.1, 0.15) is 11.5 Å². The molecule has 6 nitrogen and oxygen atoms in total. The minimum absolute atomic E-state index is 0.0300. The van der Waals surface area contributed by atoms with Crippen LogP contribution in [0.1, 0.15) is 29.8 Å². The topological polar surface area (TPSA) is 82.6 Å². The first-order valence-electron chi connectivity index (χ1n) is 11.4. The molecule has 1 fully saturated rings. The Labute approximate surface area is 217 Å². The van der Waals surface area contributed by atoms with Gasteiger partial charge in [-0.3, -0.25) is 14.5 Å². The molecule has 3 aromatic carbocycles. The number of aliphatic hydroxyl groups excluding tert-OH is 1. The minimum Gasteiger partial charge on any atom is -0.507 e. The fourth-order valence-electron chi connectivity index (χ4n) is 4.72. The van der Waals surface area contributed by atoms with Gasteiger partial charge in [0.05, 0.1) is 23.2 Å². The Hall–Kier alpha value is -3.74. The lowest BCUT2D eigenvalue weighted by Gasteiger charge is -2.26. The van der Waals surface area contributed by atoms with Crippen LogP contribution in [-0.4, -0.2) is 28.4 Å². The van der Waals surface area contributed by atoms with Gasteiger partial charge in [-0.15, -0.1) is 0 Å². The van der Waals surface area contributed by atoms with Crippen molar-refractivity contribution in [1.29, 1.82) is 0 Å². The number of nitrogens with zero attached hydrogens (tertiary/aromatic N) is 1. The summed E-state index contributed by atoms with van der Waals surface area (Å²) in [6.07, 6.45) is 0. The van der Waals surface area contributed by atoms with Crippen molar-refractivity contribution in [3.8, 4) is 5.75 Å². The molecular weight excluding hydrogens is 499 g/mol. The highest BCUT2D eigenvalue weighted by atomic mass is 35.5. The second kappa shape index (κ2) is 9.37. The van der Waals surface area contributed by atoms with Crippen LogP contribution in [0, 0.1) is 6.92 Å². The van der Waals surface area contributed by atoms with Crippen molar-refractivity contribution in [2.45, 2.75) is 19.9 Å². The highest BCUT2D eigenvalue weighted by Crippen LogP contribution is 2.46. The van der Waals surface area contributed by atoms with Gasteiger partial charge in [-0.25, -0.2) is 0 Å². The van der Waals surface area contributed by atoms with Gasteiger partial charge in [0.2, 0.25) is 0 Å². The normalized spacial score (nSPS) is 17.2. The van der Waals surface area contributed by atoms with Gasteiger partial charge in [0, 0.05) is 38.4 Å². The van der Waals surface area contributed by atoms with E-state index in [1.807, 2.05) is 38.1 Å². The molecule has 1 saturated heterocycles. The molecule has 8 heteroatoms. The molecule has 2 heterocycles. The van der Waals surface area contributed by atoms with E-state index >= 15 is 0 Å². The Morgan fingerprint density at radius 3 is 2.58 bits per heavy atom. The Kier molecular flexibility index (Phi) is 6.24. The number of ketones is 1. The van der Waals surface area contributed by atoms with Crippen LogP contribution in [0.2, 0.25) is 10.0 Å². The number of benzene rings is 3. The highest BCUT2D eigenvalue weighted by molar-refractivity contribution is 6.52. The number of ether oxygens (including phenoxy) is 1. The molecule has 1 aromatic heterocycles. The van der Waals surface area contributed by atoms with E-state index in [1.165, 1.54) is 4.90 Å². The molecule has 1 atom stereocenters. The van der Waals surface area contributed by atoms with E-state index in [4.69, 9.17) is 27.9 Å². The molecule has 1 unspecified atom stereocenters. The number of hydrogen-bond donors (Lipinski definition) is 2. The number of para-hydroxylation sites is 1. The summed E-state index contributed by atoms with van der Waals surface area (Å²) in [6.45, 7) is 4.07. The smallest absolute Gasteiger partial charge is 0.300 e. The van der Waals surface area contributed by atoms with Gasteiger partial charge in [0.15, 0.2) is 0 Å². The molecule has 2 N–H and O–H groups in total. The maximum absolute atomic E-state index is 13.5. The quantitative estimate of drug-likeness (QED) is 0.172. The molecule has 0 aliphatic carbocycles. The number of carbonyl (C=O) groups is 2. The number of H-pyrrole nitrogens is 1. The lowest BCUT2D eigenvalue weighted by molar-refractivity contribution is -0.132. The van der Waals surface area contributed by atoms with Gasteiger partial charge in [-0.2, -0.15) is 0 Å². The zero-order chi connectivity index (χ0) is 25.6. The molecule has 0 bridgehead atoms. The molecule has 0 saturated carbocycles. The van der Waals surface area contributed by atoms with E-state index in [-0.39, 0.29) is 11.3 Å². The van der Waals surface area contributed by atoms with Crippen molar-refractivity contribution in [1.82, 2.24) is 4.98 Å². The number of aromatic nitrogens is 1. The summed E-state index contributed by atoms with van der Waals surface area (Å²) in [5.74, 6) is -1.50. The molecular formula is C28H22Cl2N2O4. The first kappa shape index (κ1) is 24.0. The van der Waals surface area contributed by atoms with Crippen molar-refractivity contribution in [2.75, 3.05) is 11.5 Å². The Bertz CT molecular complexity index is 1560. The summed E-state index contributed by atoms with van der Waals surface area (Å²) in [7, 11) is 0. The molecule has 1 aliphatic heterocycles. The number of carbonyl (C=O) groups excluding carboxylic acids is 2. The Morgan fingerprint density at radius 1 is 1.06 bits per heavy atom. The van der Waals surface area contributed by atoms with Gasteiger partial charge < -0.3 is 14.8 Å². The largest absolute Gasteiger partial charge is 0.507 e. The van der Waals surface area contributed by atoms with Crippen LogP contribution in [-0.2, 0) is 9.59 Å². The Balaban J connectivity index is 1.80. The third-order valence-corrected chi connectivity index (χ3v) is 6.80. The van der Waals surface area contributed by atoms with E-state index in [1.54, 1.807) is 42.5 Å². The first-order chi connectivity index (χ1) is 17.3. The van der Waals surface area contributed by atoms with Crippen LogP contribution < -0.4 is 9.64 Å². The van der Waals surface area contributed by atoms with Crippen molar-refractivity contribution in [2.24, 2.45) is 0 Å². The first-order valence-corrected chi connectivity index (χ1v) is 12.1. The summed E-state index contributed by atoms with van der Waals surface area (Å²) in [4.78, 5) is 31.7. The third-order valence-electron chi connectivity index (χ3n) is 6.25. The van der Waals surface area contributed by atoms with Crippen molar-refractivity contribution >= 4 is 57.2 Å². The van der Waals surface area contributed by atoms with Gasteiger partial charge >= 0.3 is 0 Å². The second-order valence-electron chi connectivity index (χ2n) is 8.44. The lowest BCUT2D eigenvalue weighted by atomic mass is 9.93. The molecule has 182 valence electrons. The number of aliphatic hydroxyl groups is 1. The number of amides is 1. The molecule has 1 amide bonds. The average molecular weight is 521 g/mol. The van der Waals surface area contributed by atoms with Crippen molar-refractivity contribution in [3.63, 3.8) is 0 Å². The molecule has 1 aliphatic rings. The predicted octanol–water partition coefficient (Wildman–Crippen LogP) is 6.81. The fourth-order valence-corrected chi connectivity index (χ4v) is 5.08. The van der Waals surface area contributed by atoms with Crippen LogP contribution >= 0.6 is 23.2 Å². The van der Waals surface area contributed by atoms with E-state index in [0.717, 1.165) is 16.6 Å². The summed E-state index contributed by atoms with van der Waals surface area (Å²) in [5.41, 5.74) is 3.07. The molecule has 5 rings (SSSR count). The summed E-state index contributed by atoms with van der Waals surface area (Å²) in [5, 5.41) is 13.1. The monoisotopic (exact) mass is 520 g/mol. The number of Topliss-reactive ketones (excluding diaryl/α,β-unsaturated/α-hetero) is 1. The minimum atomic E-state index is -0.897. The number of nitrogens with one attached hydrogen (secondary N) is 1. The van der Waals surface area contributed by atoms with Crippen LogP contribution in [0.25, 0.3) is 16.7 Å². The average Bonchev–Trinajstić information content (AvgIpc) is 3.32. The number of anilines is 1. The molecule has 0 radical (unpaired) electrons. The van der Waals surface area contributed by atoms with Crippen LogP contribution in [0.15, 0.2) is 72.3 Å². The molecule has 0 spiro atoms. The number of fused-ring (bicyclic) bond motifs is 1. The van der Waals surface area contributed by atoms with Crippen LogP contribution in [0.5, 0.6) is 5.75 Å². The van der Waals surface area contributed by atoms with Gasteiger partial charge in [-0.1, -0.05) is 47.5 Å². The molecule has 36 heavy (non-hydrogen) atoms. The van der Waals surface area contributed by atoms with E-state index in [9.17, 15) is 14.7 Å². The van der Waals surface area contributed by atoms with E-state index in [0.29, 0.717) is 39.2 Å². The van der Waals surface area contributed by atoms with Gasteiger partial charge in [-0.05, 0) is 56.3 Å². The predicted molar refractivity (Wildman–Crippen MR) is 142 cm³/mol. The number of halogens is 2. The standard InChI is InChI=1S/C28H22Cl2N2O4/c1-3-36-22-13-16(11-12-20(22)30)26(33)24-25(23-15(2)31-21-10-5-4-9-19(21)23)32(28(35)27(24)34)18-8-6-7-17(29)14-18/h4-14,25,31,33H,3H2,1-2H3/b26-24+. The summed E-state index contributed by atoms with van der Waals surface area (Å²) < 4.78 is 5.57. The SMILES string of the molecule is CCOc1cc(/C(O)=C2\C(=O)C(=O)N(c3cccc(Cl)c3)C2c2c(C)[nH]c3ccccc23)ccc1Cl. The van der Waals surface area contributed by atoms with Gasteiger partial charge in [0.25, 0.3) is 11.7 Å². The van der Waals surface area contributed by atoms with Crippen molar-refractivity contribution < 1.29 is 19.4 Å². The van der Waals surface area contributed by atoms with Crippen LogP contribution in [0.3, 0.4) is 0 Å². The van der Waals surface area contributed by atoms with Crippen molar-refractivity contribution in [3.05, 3.63) is 99.2 Å². The number of rotatable bonds is 5. The Morgan fingerprint density at radius 2 is 1.83 bits per heavy atom. The zero-order valence-corrected chi connectivity index (χ0v) is 21.0. The second-order valence-corrected chi connectivity index (χ2v) is 9.28. The fraction of sp³-hybridized carbons (Fsp3) is 0.143. The lowest BCUT2D eigenvalue weighted by Crippen LogP contribution is -2.29. The summed E-state index contributed by atoms with van der Waals surface area (Å²) in [6, 6.07) is 18.2. The maximum Gasteiger partial charge on any atom is 0.300 e. The third kappa shape index (κ3) is 3.92. The molecule has 4 aromatic rings. The summed E-state index contributed by atoms with van der Waals surface area (Å²) >= 11 is 12.5. The number of aryl methyl sites for hydroxylation is 1. The number of aromatic amines is 1. The van der Waals surface area contributed by atoms with E-state index in [2.05, 4.69) is 4.98 Å². The zero-order valence-electron chi connectivity index (χ0n) is 19.5. The number of hydrogen-bond acceptors (Lipinski definition) is 4. The highest BCUT2D eigenvalue weighted by Gasteiger charge is 2.48. The van der Waals surface area contributed by atoms with Crippen LogP contribution in [0.4, 0.5) is 5.69 Å². The van der Waals surface area contributed by atoms with E-state index < -0.39 is 17.7 Å². The maximum atomic E-state index is 13.5.